The van der Waals surface area contributed by atoms with Gasteiger partial charge in [0.2, 0.25) is 11.3 Å². The second-order valence-electron chi connectivity index (χ2n) is 8.57. The van der Waals surface area contributed by atoms with Crippen molar-refractivity contribution in [2.75, 3.05) is 11.4 Å². The number of anilines is 1. The Morgan fingerprint density at radius 1 is 1.13 bits per heavy atom. The van der Waals surface area contributed by atoms with E-state index in [1.54, 1.807) is 0 Å². The van der Waals surface area contributed by atoms with Crippen molar-refractivity contribution >= 4 is 34.7 Å². The minimum Gasteiger partial charge on any atom is -0.480 e. The van der Waals surface area contributed by atoms with Gasteiger partial charge in [-0.2, -0.15) is 0 Å². The quantitative estimate of drug-likeness (QED) is 0.268. The normalized spacial score (nSPS) is 16.9. The number of hydrogen-bond donors (Lipinski definition) is 5. The topological polar surface area (TPSA) is 194 Å². The third-order valence-electron chi connectivity index (χ3n) is 6.16. The summed E-state index contributed by atoms with van der Waals surface area (Å²) in [6.45, 7) is 0.170. The number of aromatic nitrogens is 2. The van der Waals surface area contributed by atoms with Gasteiger partial charge in [-0.15, -0.1) is 0 Å². The van der Waals surface area contributed by atoms with Crippen LogP contribution in [0, 0.1) is 17.5 Å². The number of nitrogens with zero attached hydrogens (tertiary/aromatic N) is 3. The molecule has 1 aliphatic rings. The lowest BCUT2D eigenvalue weighted by Crippen LogP contribution is -2.61. The zero-order valence-corrected chi connectivity index (χ0v) is 19.4. The van der Waals surface area contributed by atoms with Crippen molar-refractivity contribution in [2.24, 2.45) is 11.5 Å². The van der Waals surface area contributed by atoms with Crippen LogP contribution in [0.2, 0.25) is 0 Å². The smallest absolute Gasteiger partial charge is 0.341 e. The second kappa shape index (κ2) is 10.1. The van der Waals surface area contributed by atoms with Crippen molar-refractivity contribution in [3.8, 4) is 5.69 Å². The van der Waals surface area contributed by atoms with Crippen molar-refractivity contribution in [3.63, 3.8) is 0 Å². The van der Waals surface area contributed by atoms with Gasteiger partial charge in [-0.3, -0.25) is 24.3 Å². The maximum absolute atomic E-state index is 15.3. The average Bonchev–Trinajstić information content (AvgIpc) is 3.30. The Bertz CT molecular complexity index is 1530. The number of hydrogen-bond acceptors (Lipinski definition) is 8. The molecule has 0 saturated carbocycles. The van der Waals surface area contributed by atoms with Gasteiger partial charge >= 0.3 is 11.9 Å². The SMILES string of the molecule is NC(=O)C(NC1CCCN1c1nc2c(cc1F)c(=O)c(C(=O)O)cn2-c1ccc(F)cc1F)[C@H](N)C(=O)O. The number of primary amides is 1. The zero-order chi connectivity index (χ0) is 27.9. The highest BCUT2D eigenvalue weighted by molar-refractivity contribution is 5.92. The summed E-state index contributed by atoms with van der Waals surface area (Å²) in [6, 6.07) is -0.0371. The predicted octanol–water partition coefficient (Wildman–Crippen LogP) is 0.283. The lowest BCUT2D eigenvalue weighted by atomic mass is 10.1. The van der Waals surface area contributed by atoms with Crippen LogP contribution in [0.15, 0.2) is 35.3 Å². The van der Waals surface area contributed by atoms with E-state index in [9.17, 15) is 38.2 Å². The summed E-state index contributed by atoms with van der Waals surface area (Å²) in [4.78, 5) is 53.2. The molecule has 0 spiro atoms. The van der Waals surface area contributed by atoms with Crippen LogP contribution in [0.1, 0.15) is 23.2 Å². The molecule has 1 aromatic carbocycles. The first-order valence-corrected chi connectivity index (χ1v) is 11.2. The Morgan fingerprint density at radius 3 is 2.45 bits per heavy atom. The Kier molecular flexibility index (Phi) is 7.06. The molecule has 38 heavy (non-hydrogen) atoms. The van der Waals surface area contributed by atoms with Gasteiger partial charge in [0.1, 0.15) is 29.3 Å². The van der Waals surface area contributed by atoms with E-state index in [0.29, 0.717) is 18.9 Å². The first-order chi connectivity index (χ1) is 17.9. The van der Waals surface area contributed by atoms with Crippen LogP contribution >= 0.6 is 0 Å². The molecule has 4 rings (SSSR count). The minimum atomic E-state index is -1.70. The van der Waals surface area contributed by atoms with Crippen molar-refractivity contribution in [3.05, 3.63) is 63.7 Å². The molecule has 3 aromatic rings. The Hall–Kier alpha value is -4.50. The summed E-state index contributed by atoms with van der Waals surface area (Å²) in [5.74, 6) is -7.64. The summed E-state index contributed by atoms with van der Waals surface area (Å²) in [5.41, 5.74) is 8.30. The Labute approximate surface area is 211 Å². The summed E-state index contributed by atoms with van der Waals surface area (Å²) in [5, 5.41) is 20.9. The molecule has 2 unspecified atom stereocenters. The third-order valence-corrected chi connectivity index (χ3v) is 6.16. The molecule has 12 nitrogen and oxygen atoms in total. The molecule has 0 radical (unpaired) electrons. The average molecular weight is 534 g/mol. The van der Waals surface area contributed by atoms with Crippen molar-refractivity contribution < 1.29 is 37.8 Å². The fourth-order valence-electron chi connectivity index (χ4n) is 4.33. The van der Waals surface area contributed by atoms with Crippen LogP contribution < -0.4 is 27.1 Å². The Balaban J connectivity index is 1.88. The van der Waals surface area contributed by atoms with Gasteiger partial charge in [0.15, 0.2) is 17.3 Å². The standard InChI is InChI=1S/C23H21F3N6O6/c24-9-3-4-14(12(25)6-9)32-8-11(22(35)36)18(33)10-7-13(26)21(30-20(10)32)31-5-1-2-15(31)29-17(19(28)34)16(27)23(37)38/h3-4,6-8,15-17,29H,1-2,5,27H2,(H2,28,34)(H,35,36)(H,37,38)/t15?,16-,17?/m0/s1. The van der Waals surface area contributed by atoms with Gasteiger partial charge in [0.05, 0.1) is 17.2 Å². The van der Waals surface area contributed by atoms with Gasteiger partial charge in [-0.25, -0.2) is 22.9 Å². The van der Waals surface area contributed by atoms with Crippen molar-refractivity contribution in [2.45, 2.75) is 31.1 Å². The van der Waals surface area contributed by atoms with Crippen LogP contribution in [0.4, 0.5) is 19.0 Å². The number of carboxylic acids is 2. The summed E-state index contributed by atoms with van der Waals surface area (Å²) >= 11 is 0. The second-order valence-corrected chi connectivity index (χ2v) is 8.57. The summed E-state index contributed by atoms with van der Waals surface area (Å²) in [7, 11) is 0. The van der Waals surface area contributed by atoms with Gasteiger partial charge < -0.3 is 26.6 Å². The first-order valence-electron chi connectivity index (χ1n) is 11.2. The number of carboxylic acid groups (broad SMARTS) is 2. The Morgan fingerprint density at radius 2 is 1.84 bits per heavy atom. The monoisotopic (exact) mass is 534 g/mol. The van der Waals surface area contributed by atoms with E-state index in [1.807, 2.05) is 0 Å². The van der Waals surface area contributed by atoms with E-state index < -0.39 is 69.9 Å². The molecular weight excluding hydrogens is 513 g/mol. The van der Waals surface area contributed by atoms with E-state index in [-0.39, 0.29) is 23.7 Å². The van der Waals surface area contributed by atoms with Gasteiger partial charge in [-0.1, -0.05) is 0 Å². The van der Waals surface area contributed by atoms with Crippen LogP contribution in [-0.4, -0.2) is 62.4 Å². The molecule has 15 heteroatoms. The lowest BCUT2D eigenvalue weighted by molar-refractivity contribution is -0.141. The summed E-state index contributed by atoms with van der Waals surface area (Å²) < 4.78 is 44.5. The van der Waals surface area contributed by atoms with Crippen LogP contribution in [0.25, 0.3) is 16.7 Å². The maximum atomic E-state index is 15.3. The molecule has 2 aromatic heterocycles. The minimum absolute atomic E-state index is 0.170. The number of fused-ring (bicyclic) bond motifs is 1. The molecule has 1 fully saturated rings. The maximum Gasteiger partial charge on any atom is 0.341 e. The number of aliphatic carboxylic acids is 1. The van der Waals surface area contributed by atoms with Gasteiger partial charge in [0, 0.05) is 18.8 Å². The molecule has 1 saturated heterocycles. The van der Waals surface area contributed by atoms with Crippen LogP contribution in [0.3, 0.4) is 0 Å². The number of amides is 1. The lowest BCUT2D eigenvalue weighted by Gasteiger charge is -2.31. The number of rotatable bonds is 8. The highest BCUT2D eigenvalue weighted by Crippen LogP contribution is 2.29. The van der Waals surface area contributed by atoms with Crippen LogP contribution in [-0.2, 0) is 9.59 Å². The highest BCUT2D eigenvalue weighted by atomic mass is 19.1. The third kappa shape index (κ3) is 4.76. The molecule has 0 aliphatic carbocycles. The van der Waals surface area contributed by atoms with E-state index in [2.05, 4.69) is 10.3 Å². The van der Waals surface area contributed by atoms with E-state index in [4.69, 9.17) is 11.5 Å². The number of nitrogens with two attached hydrogens (primary N) is 2. The number of halogens is 3. The molecule has 1 aliphatic heterocycles. The fourth-order valence-corrected chi connectivity index (χ4v) is 4.33. The molecule has 3 atom stereocenters. The van der Waals surface area contributed by atoms with Gasteiger partial charge in [-0.05, 0) is 31.0 Å². The fraction of sp³-hybridized carbons (Fsp3) is 0.261. The molecular formula is C23H21F3N6O6. The van der Waals surface area contributed by atoms with Crippen LogP contribution in [0.5, 0.6) is 0 Å². The molecule has 7 N–H and O–H groups in total. The van der Waals surface area contributed by atoms with E-state index >= 15 is 4.39 Å². The number of carbonyl (C=O) groups excluding carboxylic acids is 1. The number of nitrogens with one attached hydrogen (secondary N) is 1. The number of aromatic carboxylic acids is 1. The van der Waals surface area contributed by atoms with E-state index in [0.717, 1.165) is 29.0 Å². The number of benzene rings is 1. The molecule has 1 amide bonds. The van der Waals surface area contributed by atoms with Crippen molar-refractivity contribution in [1.29, 1.82) is 0 Å². The summed E-state index contributed by atoms with van der Waals surface area (Å²) in [6.07, 6.45) is 0.680. The number of carbonyl (C=O) groups is 3. The van der Waals surface area contributed by atoms with E-state index in [1.165, 1.54) is 4.90 Å². The predicted molar refractivity (Wildman–Crippen MR) is 126 cm³/mol. The zero-order valence-electron chi connectivity index (χ0n) is 19.4. The first kappa shape index (κ1) is 26.6. The molecule has 0 bridgehead atoms. The molecule has 200 valence electrons. The van der Waals surface area contributed by atoms with Crippen molar-refractivity contribution in [1.82, 2.24) is 14.9 Å². The number of pyridine rings is 2. The van der Waals surface area contributed by atoms with Gasteiger partial charge in [0.25, 0.3) is 0 Å². The largest absolute Gasteiger partial charge is 0.480 e. The molecule has 3 heterocycles. The highest BCUT2D eigenvalue weighted by Gasteiger charge is 2.36.